The number of carbonyl (C=O) groups is 2. The lowest BCUT2D eigenvalue weighted by Crippen LogP contribution is -2.49. The fourth-order valence-electron chi connectivity index (χ4n) is 4.76. The molecule has 0 spiro atoms. The number of carbonyl (C=O) groups excluding carboxylic acids is 2. The van der Waals surface area contributed by atoms with E-state index in [1.165, 1.54) is 6.42 Å². The number of nitrogens with two attached hydrogens (primary N) is 1. The van der Waals surface area contributed by atoms with Crippen molar-refractivity contribution in [3.8, 4) is 0 Å². The van der Waals surface area contributed by atoms with E-state index in [2.05, 4.69) is 5.32 Å². The molecule has 5 nitrogen and oxygen atoms in total. The fraction of sp³-hybridized carbons (Fsp3) is 0.882. The number of hydrogen-bond acceptors (Lipinski definition) is 4. The topological polar surface area (TPSA) is 81.4 Å². The molecule has 2 bridgehead atoms. The summed E-state index contributed by atoms with van der Waals surface area (Å²) in [5.74, 6) is 1.15. The van der Waals surface area contributed by atoms with Crippen molar-refractivity contribution < 1.29 is 14.3 Å². The van der Waals surface area contributed by atoms with E-state index in [0.717, 1.165) is 38.5 Å². The molecule has 3 N–H and O–H groups in total. The van der Waals surface area contributed by atoms with E-state index in [9.17, 15) is 9.59 Å². The Labute approximate surface area is 132 Å². The molecule has 0 heterocycles. The molecule has 3 aliphatic rings. The molecule has 3 fully saturated rings. The van der Waals surface area contributed by atoms with Gasteiger partial charge in [0.2, 0.25) is 5.91 Å². The van der Waals surface area contributed by atoms with E-state index in [4.69, 9.17) is 10.5 Å². The van der Waals surface area contributed by atoms with Gasteiger partial charge in [-0.2, -0.15) is 0 Å². The van der Waals surface area contributed by atoms with Crippen LogP contribution >= 0.6 is 0 Å². The average molecular weight is 308 g/mol. The van der Waals surface area contributed by atoms with E-state index < -0.39 is 0 Å². The summed E-state index contributed by atoms with van der Waals surface area (Å²) in [6, 6.07) is 0.249. The lowest BCUT2D eigenvalue weighted by Gasteiger charge is -2.32. The third kappa shape index (κ3) is 3.00. The van der Waals surface area contributed by atoms with Gasteiger partial charge in [-0.25, -0.2) is 0 Å². The molecule has 0 aromatic rings. The van der Waals surface area contributed by atoms with Gasteiger partial charge in [-0.05, 0) is 63.7 Å². The van der Waals surface area contributed by atoms with Gasteiger partial charge in [0, 0.05) is 12.1 Å². The summed E-state index contributed by atoms with van der Waals surface area (Å²) >= 11 is 0. The Morgan fingerprint density at radius 2 is 1.77 bits per heavy atom. The van der Waals surface area contributed by atoms with Crippen molar-refractivity contribution in [3.63, 3.8) is 0 Å². The Bertz CT molecular complexity index is 430. The molecule has 0 aromatic heterocycles. The van der Waals surface area contributed by atoms with Gasteiger partial charge in [-0.15, -0.1) is 0 Å². The normalized spacial score (nSPS) is 40.5. The molecule has 0 aliphatic heterocycles. The highest BCUT2D eigenvalue weighted by Crippen LogP contribution is 2.47. The van der Waals surface area contributed by atoms with Crippen LogP contribution in [0.4, 0.5) is 0 Å². The zero-order chi connectivity index (χ0) is 15.7. The van der Waals surface area contributed by atoms with Crippen molar-refractivity contribution in [2.75, 3.05) is 6.61 Å². The summed E-state index contributed by atoms with van der Waals surface area (Å²) < 4.78 is 5.08. The van der Waals surface area contributed by atoms with Crippen LogP contribution in [0.3, 0.4) is 0 Å². The number of rotatable bonds is 4. The van der Waals surface area contributed by atoms with E-state index in [0.29, 0.717) is 18.4 Å². The molecule has 4 atom stereocenters. The highest BCUT2D eigenvalue weighted by Gasteiger charge is 2.49. The predicted octanol–water partition coefficient (Wildman–Crippen LogP) is 1.60. The summed E-state index contributed by atoms with van der Waals surface area (Å²) in [4.78, 5) is 24.3. The standard InChI is InChI=1S/C17H28N2O3/c1-2-22-17(21)10-5-7-13(8-6-10)19-16(20)14-11-3-4-12(9-11)15(14)18/h10-15H,2-9,18H2,1H3,(H,19,20). The first-order chi connectivity index (χ1) is 10.6. The highest BCUT2D eigenvalue weighted by molar-refractivity contribution is 5.80. The first-order valence-corrected chi connectivity index (χ1v) is 8.82. The maximum absolute atomic E-state index is 12.5. The zero-order valence-corrected chi connectivity index (χ0v) is 13.4. The largest absolute Gasteiger partial charge is 0.466 e. The molecule has 5 heteroatoms. The van der Waals surface area contributed by atoms with Gasteiger partial charge in [0.25, 0.3) is 0 Å². The Morgan fingerprint density at radius 1 is 1.09 bits per heavy atom. The molecule has 0 saturated heterocycles. The predicted molar refractivity (Wildman–Crippen MR) is 82.8 cm³/mol. The molecule has 3 saturated carbocycles. The minimum Gasteiger partial charge on any atom is -0.466 e. The van der Waals surface area contributed by atoms with Gasteiger partial charge in [0.15, 0.2) is 0 Å². The van der Waals surface area contributed by atoms with Crippen LogP contribution in [0.25, 0.3) is 0 Å². The number of amides is 1. The average Bonchev–Trinajstić information content (AvgIpc) is 3.09. The number of hydrogen-bond donors (Lipinski definition) is 2. The van der Waals surface area contributed by atoms with Crippen LogP contribution in [-0.2, 0) is 14.3 Å². The van der Waals surface area contributed by atoms with Gasteiger partial charge in [-0.3, -0.25) is 9.59 Å². The summed E-state index contributed by atoms with van der Waals surface area (Å²) in [5, 5.41) is 3.20. The van der Waals surface area contributed by atoms with Crippen LogP contribution in [-0.4, -0.2) is 30.6 Å². The summed E-state index contributed by atoms with van der Waals surface area (Å²) in [7, 11) is 0. The van der Waals surface area contributed by atoms with Crippen LogP contribution in [0.2, 0.25) is 0 Å². The number of ether oxygens (including phenoxy) is 1. The van der Waals surface area contributed by atoms with E-state index in [1.807, 2.05) is 6.92 Å². The zero-order valence-electron chi connectivity index (χ0n) is 13.4. The molecule has 22 heavy (non-hydrogen) atoms. The van der Waals surface area contributed by atoms with Gasteiger partial charge >= 0.3 is 5.97 Å². The van der Waals surface area contributed by atoms with Crippen molar-refractivity contribution in [3.05, 3.63) is 0 Å². The van der Waals surface area contributed by atoms with E-state index in [-0.39, 0.29) is 35.8 Å². The van der Waals surface area contributed by atoms with Crippen molar-refractivity contribution in [2.24, 2.45) is 29.4 Å². The second-order valence-electron chi connectivity index (χ2n) is 7.25. The van der Waals surface area contributed by atoms with Crippen molar-refractivity contribution in [1.82, 2.24) is 5.32 Å². The Morgan fingerprint density at radius 3 is 2.36 bits per heavy atom. The molecule has 4 unspecified atom stereocenters. The first kappa shape index (κ1) is 15.8. The summed E-state index contributed by atoms with van der Waals surface area (Å²) in [5.41, 5.74) is 6.24. The SMILES string of the molecule is CCOC(=O)C1CCC(NC(=O)C2C3CCC(C3)C2N)CC1. The van der Waals surface area contributed by atoms with Gasteiger partial charge < -0.3 is 15.8 Å². The Hall–Kier alpha value is -1.10. The van der Waals surface area contributed by atoms with Crippen molar-refractivity contribution in [1.29, 1.82) is 0 Å². The fourth-order valence-corrected chi connectivity index (χ4v) is 4.76. The number of fused-ring (bicyclic) bond motifs is 2. The molecular weight excluding hydrogens is 280 g/mol. The van der Waals surface area contributed by atoms with Gasteiger partial charge in [0.05, 0.1) is 18.4 Å². The third-order valence-electron chi connectivity index (χ3n) is 5.98. The van der Waals surface area contributed by atoms with Crippen molar-refractivity contribution >= 4 is 11.9 Å². The van der Waals surface area contributed by atoms with Crippen LogP contribution < -0.4 is 11.1 Å². The maximum Gasteiger partial charge on any atom is 0.308 e. The molecular formula is C17H28N2O3. The number of nitrogens with one attached hydrogen (secondary N) is 1. The molecule has 3 rings (SSSR count). The Kier molecular flexibility index (Phi) is 4.71. The quantitative estimate of drug-likeness (QED) is 0.773. The molecule has 124 valence electrons. The van der Waals surface area contributed by atoms with E-state index in [1.54, 1.807) is 0 Å². The van der Waals surface area contributed by atoms with Crippen LogP contribution in [0.1, 0.15) is 51.9 Å². The minimum atomic E-state index is -0.0811. The monoisotopic (exact) mass is 308 g/mol. The smallest absolute Gasteiger partial charge is 0.308 e. The second-order valence-corrected chi connectivity index (χ2v) is 7.25. The molecule has 0 aromatic carbocycles. The minimum absolute atomic E-state index is 0.0119. The molecule has 1 amide bonds. The van der Waals surface area contributed by atoms with E-state index >= 15 is 0 Å². The second kappa shape index (κ2) is 6.57. The maximum atomic E-state index is 12.5. The van der Waals surface area contributed by atoms with Crippen molar-refractivity contribution in [2.45, 2.75) is 64.0 Å². The summed E-state index contributed by atoms with van der Waals surface area (Å²) in [6.07, 6.45) is 6.84. The highest BCUT2D eigenvalue weighted by atomic mass is 16.5. The van der Waals surface area contributed by atoms with Crippen LogP contribution in [0, 0.1) is 23.7 Å². The lowest BCUT2D eigenvalue weighted by molar-refractivity contribution is -0.149. The first-order valence-electron chi connectivity index (χ1n) is 8.82. The van der Waals surface area contributed by atoms with Gasteiger partial charge in [0.1, 0.15) is 0 Å². The lowest BCUT2D eigenvalue weighted by atomic mass is 9.82. The molecule has 3 aliphatic carbocycles. The number of esters is 1. The van der Waals surface area contributed by atoms with Crippen LogP contribution in [0.5, 0.6) is 0 Å². The van der Waals surface area contributed by atoms with Gasteiger partial charge in [-0.1, -0.05) is 0 Å². The summed E-state index contributed by atoms with van der Waals surface area (Å²) in [6.45, 7) is 2.28. The molecule has 0 radical (unpaired) electrons. The Balaban J connectivity index is 1.47. The van der Waals surface area contributed by atoms with Crippen LogP contribution in [0.15, 0.2) is 0 Å². The third-order valence-corrected chi connectivity index (χ3v) is 5.98.